The van der Waals surface area contributed by atoms with Crippen LogP contribution in [0.2, 0.25) is 5.02 Å². The highest BCUT2D eigenvalue weighted by molar-refractivity contribution is 8.00. The van der Waals surface area contributed by atoms with Crippen molar-refractivity contribution in [3.05, 3.63) is 53.1 Å². The molecule has 0 unspecified atom stereocenters. The molecule has 1 saturated heterocycles. The van der Waals surface area contributed by atoms with Crippen molar-refractivity contribution in [2.75, 3.05) is 10.6 Å². The molecule has 0 bridgehead atoms. The fourth-order valence-electron chi connectivity index (χ4n) is 2.43. The first-order chi connectivity index (χ1) is 11.0. The number of nitrogens with zero attached hydrogens (tertiary/aromatic N) is 1. The van der Waals surface area contributed by atoms with Crippen molar-refractivity contribution < 1.29 is 9.59 Å². The maximum absolute atomic E-state index is 12.6. The molecule has 118 valence electrons. The van der Waals surface area contributed by atoms with E-state index < -0.39 is 5.25 Å². The second-order valence-electron chi connectivity index (χ2n) is 5.35. The molecule has 4 nitrogen and oxygen atoms in total. The molecular formula is C17H15ClN2O2S. The van der Waals surface area contributed by atoms with E-state index in [1.54, 1.807) is 24.3 Å². The fraction of sp³-hybridized carbons (Fsp3) is 0.176. The number of amides is 2. The number of nitrogen functional groups attached to an aromatic ring is 1. The van der Waals surface area contributed by atoms with E-state index in [0.717, 1.165) is 10.5 Å². The van der Waals surface area contributed by atoms with Crippen LogP contribution in [0.15, 0.2) is 47.4 Å². The van der Waals surface area contributed by atoms with Gasteiger partial charge in [0.05, 0.1) is 10.9 Å². The molecule has 1 atom stereocenters. The summed E-state index contributed by atoms with van der Waals surface area (Å²) in [7, 11) is 0. The van der Waals surface area contributed by atoms with Crippen molar-refractivity contribution in [2.45, 2.75) is 23.5 Å². The van der Waals surface area contributed by atoms with Crippen LogP contribution in [0, 0.1) is 6.92 Å². The number of thioether (sulfide) groups is 1. The third kappa shape index (κ3) is 3.07. The molecule has 3 rings (SSSR count). The van der Waals surface area contributed by atoms with E-state index in [0.29, 0.717) is 16.4 Å². The van der Waals surface area contributed by atoms with Crippen LogP contribution >= 0.6 is 23.4 Å². The van der Waals surface area contributed by atoms with Gasteiger partial charge < -0.3 is 5.73 Å². The van der Waals surface area contributed by atoms with E-state index in [9.17, 15) is 9.59 Å². The largest absolute Gasteiger partial charge is 0.398 e. The predicted molar refractivity (Wildman–Crippen MR) is 93.8 cm³/mol. The Balaban J connectivity index is 1.85. The van der Waals surface area contributed by atoms with E-state index in [1.807, 2.05) is 25.1 Å². The van der Waals surface area contributed by atoms with Crippen molar-refractivity contribution >= 4 is 46.6 Å². The van der Waals surface area contributed by atoms with Gasteiger partial charge in [0, 0.05) is 22.0 Å². The molecule has 1 fully saturated rings. The van der Waals surface area contributed by atoms with Crippen LogP contribution in [0.5, 0.6) is 0 Å². The van der Waals surface area contributed by atoms with E-state index in [-0.39, 0.29) is 18.2 Å². The molecule has 1 heterocycles. The number of hydrogen-bond acceptors (Lipinski definition) is 4. The molecular weight excluding hydrogens is 332 g/mol. The van der Waals surface area contributed by atoms with Crippen LogP contribution in [-0.2, 0) is 9.59 Å². The number of carbonyl (C=O) groups is 2. The minimum Gasteiger partial charge on any atom is -0.398 e. The van der Waals surface area contributed by atoms with Crippen LogP contribution in [-0.4, -0.2) is 17.1 Å². The number of nitrogens with two attached hydrogens (primary N) is 1. The normalized spacial score (nSPS) is 17.8. The summed E-state index contributed by atoms with van der Waals surface area (Å²) in [6.07, 6.45) is 0.156. The zero-order chi connectivity index (χ0) is 16.6. The smallest absolute Gasteiger partial charge is 0.247 e. The van der Waals surface area contributed by atoms with Gasteiger partial charge in [-0.2, -0.15) is 0 Å². The molecule has 2 aromatic carbocycles. The Morgan fingerprint density at radius 1 is 1.22 bits per heavy atom. The van der Waals surface area contributed by atoms with Gasteiger partial charge in [0.15, 0.2) is 0 Å². The number of para-hydroxylation sites is 1. The number of imide groups is 1. The van der Waals surface area contributed by atoms with Crippen molar-refractivity contribution in [3.8, 4) is 0 Å². The van der Waals surface area contributed by atoms with Crippen LogP contribution < -0.4 is 10.6 Å². The molecule has 0 aromatic heterocycles. The average Bonchev–Trinajstić information content (AvgIpc) is 2.79. The summed E-state index contributed by atoms with van der Waals surface area (Å²) >= 11 is 7.43. The van der Waals surface area contributed by atoms with Crippen LogP contribution in [0.25, 0.3) is 0 Å². The lowest BCUT2D eigenvalue weighted by atomic mass is 10.2. The predicted octanol–water partition coefficient (Wildman–Crippen LogP) is 3.65. The molecule has 2 aromatic rings. The van der Waals surface area contributed by atoms with E-state index in [1.165, 1.54) is 16.7 Å². The topological polar surface area (TPSA) is 63.4 Å². The first-order valence-electron chi connectivity index (χ1n) is 7.11. The van der Waals surface area contributed by atoms with Crippen molar-refractivity contribution in [2.24, 2.45) is 0 Å². The number of halogens is 1. The zero-order valence-electron chi connectivity index (χ0n) is 12.5. The van der Waals surface area contributed by atoms with Gasteiger partial charge in [-0.05, 0) is 36.8 Å². The number of aryl methyl sites for hydroxylation is 1. The SMILES string of the molecule is Cc1ccc(N2C(=O)C[C@H](Sc3ccccc3N)C2=O)cc1Cl. The lowest BCUT2D eigenvalue weighted by molar-refractivity contribution is -0.121. The second-order valence-corrected chi connectivity index (χ2v) is 7.00. The van der Waals surface area contributed by atoms with Crippen LogP contribution in [0.1, 0.15) is 12.0 Å². The third-order valence-electron chi connectivity index (χ3n) is 3.71. The molecule has 23 heavy (non-hydrogen) atoms. The van der Waals surface area contributed by atoms with Gasteiger partial charge in [0.1, 0.15) is 0 Å². The highest BCUT2D eigenvalue weighted by Gasteiger charge is 2.40. The summed E-state index contributed by atoms with van der Waals surface area (Å²) in [5, 5.41) is 0.0683. The highest BCUT2D eigenvalue weighted by Crippen LogP contribution is 2.36. The minimum absolute atomic E-state index is 0.156. The summed E-state index contributed by atoms with van der Waals surface area (Å²) in [5.74, 6) is -0.454. The zero-order valence-corrected chi connectivity index (χ0v) is 14.0. The molecule has 6 heteroatoms. The van der Waals surface area contributed by atoms with Gasteiger partial charge in [-0.25, -0.2) is 4.90 Å². The third-order valence-corrected chi connectivity index (χ3v) is 5.39. The number of benzene rings is 2. The monoisotopic (exact) mass is 346 g/mol. The molecule has 2 amide bonds. The lowest BCUT2D eigenvalue weighted by Crippen LogP contribution is -2.31. The number of rotatable bonds is 3. The summed E-state index contributed by atoms with van der Waals surface area (Å²) in [4.78, 5) is 26.9. The quantitative estimate of drug-likeness (QED) is 0.680. The van der Waals surface area contributed by atoms with E-state index in [2.05, 4.69) is 0 Å². The Hall–Kier alpha value is -1.98. The fourth-order valence-corrected chi connectivity index (χ4v) is 3.70. The summed E-state index contributed by atoms with van der Waals surface area (Å²) < 4.78 is 0. The first kappa shape index (κ1) is 15.9. The van der Waals surface area contributed by atoms with Crippen molar-refractivity contribution in [1.29, 1.82) is 0 Å². The van der Waals surface area contributed by atoms with Crippen molar-refractivity contribution in [3.63, 3.8) is 0 Å². The number of anilines is 2. The minimum atomic E-state index is -0.465. The Bertz CT molecular complexity index is 794. The molecule has 1 aliphatic heterocycles. The summed E-state index contributed by atoms with van der Waals surface area (Å²) in [5.41, 5.74) is 7.93. The maximum Gasteiger partial charge on any atom is 0.247 e. The van der Waals surface area contributed by atoms with Gasteiger partial charge in [0.25, 0.3) is 0 Å². The Morgan fingerprint density at radius 3 is 2.65 bits per heavy atom. The van der Waals surface area contributed by atoms with Gasteiger partial charge >= 0.3 is 0 Å². The Kier molecular flexibility index (Phi) is 4.33. The molecule has 2 N–H and O–H groups in total. The highest BCUT2D eigenvalue weighted by atomic mass is 35.5. The lowest BCUT2D eigenvalue weighted by Gasteiger charge is -2.16. The summed E-state index contributed by atoms with van der Waals surface area (Å²) in [6.45, 7) is 1.87. The van der Waals surface area contributed by atoms with Crippen molar-refractivity contribution in [1.82, 2.24) is 0 Å². The molecule has 1 aliphatic rings. The standard InChI is InChI=1S/C17H15ClN2O2S/c1-10-6-7-11(8-12(10)18)20-16(21)9-15(17(20)22)23-14-5-3-2-4-13(14)19/h2-8,15H,9,19H2,1H3/t15-/m0/s1. The van der Waals surface area contributed by atoms with E-state index in [4.69, 9.17) is 17.3 Å². The molecule has 0 spiro atoms. The van der Waals surface area contributed by atoms with Crippen LogP contribution in [0.3, 0.4) is 0 Å². The van der Waals surface area contributed by atoms with Gasteiger partial charge in [-0.3, -0.25) is 9.59 Å². The molecule has 0 radical (unpaired) electrons. The number of carbonyl (C=O) groups excluding carboxylic acids is 2. The molecule has 0 saturated carbocycles. The molecule has 0 aliphatic carbocycles. The number of hydrogen-bond donors (Lipinski definition) is 1. The van der Waals surface area contributed by atoms with E-state index >= 15 is 0 Å². The first-order valence-corrected chi connectivity index (χ1v) is 8.37. The van der Waals surface area contributed by atoms with Gasteiger partial charge in [-0.15, -0.1) is 11.8 Å². The maximum atomic E-state index is 12.6. The average molecular weight is 347 g/mol. The second kappa shape index (κ2) is 6.26. The Labute approximate surface area is 143 Å². The van der Waals surface area contributed by atoms with Crippen LogP contribution in [0.4, 0.5) is 11.4 Å². The Morgan fingerprint density at radius 2 is 1.96 bits per heavy atom. The van der Waals surface area contributed by atoms with Gasteiger partial charge in [-0.1, -0.05) is 29.8 Å². The van der Waals surface area contributed by atoms with Gasteiger partial charge in [0.2, 0.25) is 11.8 Å². The summed E-state index contributed by atoms with van der Waals surface area (Å²) in [6, 6.07) is 12.5.